The van der Waals surface area contributed by atoms with Gasteiger partial charge in [-0.25, -0.2) is 13.4 Å². The van der Waals surface area contributed by atoms with E-state index >= 15 is 0 Å². The first kappa shape index (κ1) is 16.9. The molecule has 24 heavy (non-hydrogen) atoms. The summed E-state index contributed by atoms with van der Waals surface area (Å²) >= 11 is 1.38. The van der Waals surface area contributed by atoms with Crippen LogP contribution in [0.2, 0.25) is 0 Å². The number of hydrogen-bond donors (Lipinski definition) is 1. The molecule has 0 spiro atoms. The van der Waals surface area contributed by atoms with Gasteiger partial charge in [-0.1, -0.05) is 19.9 Å². The van der Waals surface area contributed by atoms with E-state index in [4.69, 9.17) is 0 Å². The van der Waals surface area contributed by atoms with E-state index in [0.717, 1.165) is 5.69 Å². The lowest BCUT2D eigenvalue weighted by molar-refractivity contribution is 0.102. The summed E-state index contributed by atoms with van der Waals surface area (Å²) in [6.45, 7) is 4.54. The molecule has 1 aliphatic heterocycles. The minimum Gasteiger partial charge on any atom is -0.298 e. The molecule has 0 radical (unpaired) electrons. The number of aromatic nitrogens is 1. The fourth-order valence-corrected chi connectivity index (χ4v) is 4.93. The maximum absolute atomic E-state index is 12.4. The first-order valence-corrected chi connectivity index (χ1v) is 10.2. The van der Waals surface area contributed by atoms with E-state index < -0.39 is 10.0 Å². The van der Waals surface area contributed by atoms with Gasteiger partial charge in [0.05, 0.1) is 17.1 Å². The quantitative estimate of drug-likeness (QED) is 0.903. The molecule has 0 aliphatic carbocycles. The number of amides is 1. The Morgan fingerprint density at radius 1 is 1.38 bits per heavy atom. The summed E-state index contributed by atoms with van der Waals surface area (Å²) in [4.78, 5) is 16.8. The summed E-state index contributed by atoms with van der Waals surface area (Å²) in [5, 5.41) is 5.24. The molecular formula is C16H19N3O3S2. The van der Waals surface area contributed by atoms with Gasteiger partial charge >= 0.3 is 0 Å². The Kier molecular flexibility index (Phi) is 4.60. The van der Waals surface area contributed by atoms with Crippen molar-refractivity contribution in [2.24, 2.45) is 0 Å². The van der Waals surface area contributed by atoms with Gasteiger partial charge in [0.2, 0.25) is 10.0 Å². The molecule has 0 atom stereocenters. The van der Waals surface area contributed by atoms with E-state index in [1.165, 1.54) is 15.6 Å². The number of sulfonamides is 1. The zero-order chi connectivity index (χ0) is 17.3. The predicted molar refractivity (Wildman–Crippen MR) is 96.3 cm³/mol. The Bertz CT molecular complexity index is 859. The SMILES string of the molecule is CC(C)c1csc(NC(=O)c2cccc(N3CCCS3(=O)=O)c2)n1. The van der Waals surface area contributed by atoms with Crippen LogP contribution in [-0.2, 0) is 10.0 Å². The number of anilines is 2. The van der Waals surface area contributed by atoms with Crippen LogP contribution in [0.1, 0.15) is 42.2 Å². The van der Waals surface area contributed by atoms with Crippen molar-refractivity contribution in [3.05, 3.63) is 40.9 Å². The van der Waals surface area contributed by atoms with Crippen LogP contribution < -0.4 is 9.62 Å². The van der Waals surface area contributed by atoms with E-state index in [1.54, 1.807) is 24.3 Å². The van der Waals surface area contributed by atoms with Gasteiger partial charge in [0, 0.05) is 17.5 Å². The van der Waals surface area contributed by atoms with Crippen molar-refractivity contribution < 1.29 is 13.2 Å². The number of hydrogen-bond acceptors (Lipinski definition) is 5. The summed E-state index contributed by atoms with van der Waals surface area (Å²) in [6.07, 6.45) is 0.607. The Morgan fingerprint density at radius 2 is 2.17 bits per heavy atom. The molecule has 0 unspecified atom stereocenters. The van der Waals surface area contributed by atoms with Crippen molar-refractivity contribution in [1.29, 1.82) is 0 Å². The maximum atomic E-state index is 12.4. The van der Waals surface area contributed by atoms with Crippen LogP contribution in [0.3, 0.4) is 0 Å². The van der Waals surface area contributed by atoms with Gasteiger partial charge in [0.15, 0.2) is 5.13 Å². The van der Waals surface area contributed by atoms with Gasteiger partial charge in [-0.15, -0.1) is 11.3 Å². The molecule has 1 saturated heterocycles. The monoisotopic (exact) mass is 365 g/mol. The average molecular weight is 365 g/mol. The average Bonchev–Trinajstić information content (AvgIpc) is 3.13. The molecule has 8 heteroatoms. The highest BCUT2D eigenvalue weighted by atomic mass is 32.2. The Morgan fingerprint density at radius 3 is 2.79 bits per heavy atom. The molecule has 1 aliphatic rings. The molecule has 6 nitrogen and oxygen atoms in total. The van der Waals surface area contributed by atoms with E-state index in [9.17, 15) is 13.2 Å². The molecule has 1 N–H and O–H groups in total. The minimum atomic E-state index is -3.26. The van der Waals surface area contributed by atoms with Crippen molar-refractivity contribution >= 4 is 38.1 Å². The Labute approximate surface area is 145 Å². The second-order valence-corrected chi connectivity index (χ2v) is 8.85. The highest BCUT2D eigenvalue weighted by Crippen LogP contribution is 2.26. The molecule has 2 aromatic rings. The molecule has 0 bridgehead atoms. The molecule has 128 valence electrons. The zero-order valence-electron chi connectivity index (χ0n) is 13.5. The van der Waals surface area contributed by atoms with Crippen LogP contribution in [0.5, 0.6) is 0 Å². The lowest BCUT2D eigenvalue weighted by Crippen LogP contribution is -2.25. The third-order valence-corrected chi connectivity index (χ3v) is 6.48. The van der Waals surface area contributed by atoms with Gasteiger partial charge in [0.25, 0.3) is 5.91 Å². The number of nitrogens with one attached hydrogen (secondary N) is 1. The van der Waals surface area contributed by atoms with Crippen LogP contribution in [0, 0.1) is 0 Å². The number of benzene rings is 1. The number of carbonyl (C=O) groups is 1. The molecule has 3 rings (SSSR count). The number of carbonyl (C=O) groups excluding carboxylic acids is 1. The molecule has 1 aromatic heterocycles. The van der Waals surface area contributed by atoms with Crippen molar-refractivity contribution in [3.8, 4) is 0 Å². The summed E-state index contributed by atoms with van der Waals surface area (Å²) < 4.78 is 25.4. The predicted octanol–water partition coefficient (Wildman–Crippen LogP) is 3.06. The summed E-state index contributed by atoms with van der Waals surface area (Å²) in [5.41, 5.74) is 1.88. The van der Waals surface area contributed by atoms with Crippen LogP contribution in [0.25, 0.3) is 0 Å². The number of thiazole rings is 1. The molecule has 2 heterocycles. The highest BCUT2D eigenvalue weighted by Gasteiger charge is 2.28. The first-order valence-electron chi connectivity index (χ1n) is 7.74. The fourth-order valence-electron chi connectivity index (χ4n) is 2.51. The highest BCUT2D eigenvalue weighted by molar-refractivity contribution is 7.93. The van der Waals surface area contributed by atoms with Gasteiger partial charge in [-0.3, -0.25) is 14.4 Å². The third-order valence-electron chi connectivity index (χ3n) is 3.83. The van der Waals surface area contributed by atoms with Crippen LogP contribution in [-0.4, -0.2) is 31.6 Å². The third kappa shape index (κ3) is 3.44. The second-order valence-electron chi connectivity index (χ2n) is 5.98. The summed E-state index contributed by atoms with van der Waals surface area (Å²) in [5.74, 6) is 0.161. The fraction of sp³-hybridized carbons (Fsp3) is 0.375. The number of nitrogens with zero attached hydrogens (tertiary/aromatic N) is 2. The lowest BCUT2D eigenvalue weighted by atomic mass is 10.2. The van der Waals surface area contributed by atoms with Crippen LogP contribution in [0.15, 0.2) is 29.6 Å². The molecule has 1 fully saturated rings. The zero-order valence-corrected chi connectivity index (χ0v) is 15.2. The first-order chi connectivity index (χ1) is 11.4. The summed E-state index contributed by atoms with van der Waals surface area (Å²) in [7, 11) is -3.26. The maximum Gasteiger partial charge on any atom is 0.257 e. The van der Waals surface area contributed by atoms with Crippen molar-refractivity contribution in [3.63, 3.8) is 0 Å². The normalized spacial score (nSPS) is 16.5. The van der Waals surface area contributed by atoms with Crippen LogP contribution >= 0.6 is 11.3 Å². The van der Waals surface area contributed by atoms with Crippen molar-refractivity contribution in [2.75, 3.05) is 21.9 Å². The molecule has 0 saturated carbocycles. The van der Waals surface area contributed by atoms with Gasteiger partial charge in [0.1, 0.15) is 0 Å². The lowest BCUT2D eigenvalue weighted by Gasteiger charge is -2.17. The second kappa shape index (κ2) is 6.52. The topological polar surface area (TPSA) is 79.4 Å². The largest absolute Gasteiger partial charge is 0.298 e. The van der Waals surface area contributed by atoms with Crippen LogP contribution in [0.4, 0.5) is 10.8 Å². The standard InChI is InChI=1S/C16H19N3O3S2/c1-11(2)14-10-23-16(17-14)18-15(20)12-5-3-6-13(9-12)19-7-4-8-24(19,21)22/h3,5-6,9-11H,4,7-8H2,1-2H3,(H,17,18,20). The van der Waals surface area contributed by atoms with Gasteiger partial charge < -0.3 is 0 Å². The van der Waals surface area contributed by atoms with Gasteiger partial charge in [-0.2, -0.15) is 0 Å². The smallest absolute Gasteiger partial charge is 0.257 e. The molecule has 1 aromatic carbocycles. The Hall–Kier alpha value is -1.93. The number of rotatable bonds is 4. The van der Waals surface area contributed by atoms with Crippen molar-refractivity contribution in [1.82, 2.24) is 4.98 Å². The van der Waals surface area contributed by atoms with E-state index in [-0.39, 0.29) is 11.7 Å². The molecule has 1 amide bonds. The minimum absolute atomic E-state index is 0.153. The van der Waals surface area contributed by atoms with Gasteiger partial charge in [-0.05, 0) is 30.5 Å². The van der Waals surface area contributed by atoms with E-state index in [2.05, 4.69) is 10.3 Å². The Balaban J connectivity index is 1.79. The van der Waals surface area contributed by atoms with Crippen molar-refractivity contribution in [2.45, 2.75) is 26.2 Å². The summed E-state index contributed by atoms with van der Waals surface area (Å²) in [6, 6.07) is 6.67. The van der Waals surface area contributed by atoms with E-state index in [1.807, 2.05) is 19.2 Å². The van der Waals surface area contributed by atoms with E-state index in [0.29, 0.717) is 35.3 Å². The molecular weight excluding hydrogens is 346 g/mol.